The van der Waals surface area contributed by atoms with Gasteiger partial charge in [-0.2, -0.15) is 0 Å². The Labute approximate surface area is 253 Å². The number of fused-ring (bicyclic) bond motifs is 1. The molecule has 1 fully saturated rings. The first-order valence-electron chi connectivity index (χ1n) is 13.4. The summed E-state index contributed by atoms with van der Waals surface area (Å²) in [5.41, 5.74) is -1.09. The lowest BCUT2D eigenvalue weighted by molar-refractivity contribution is -0.239. The van der Waals surface area contributed by atoms with Crippen LogP contribution in [0.4, 0.5) is 0 Å². The number of aliphatic hydroxyl groups is 3. The van der Waals surface area contributed by atoms with Crippen LogP contribution in [0.15, 0.2) is 63.8 Å². The van der Waals surface area contributed by atoms with E-state index in [9.17, 15) is 50.4 Å². The Kier molecular flexibility index (Phi) is 8.57. The highest BCUT2D eigenvalue weighted by atomic mass is 16.6. The summed E-state index contributed by atoms with van der Waals surface area (Å²) in [5.74, 6) is -3.59. The molecule has 0 bridgehead atoms. The summed E-state index contributed by atoms with van der Waals surface area (Å²) in [5, 5.41) is 82.0. The molecule has 5 rings (SSSR count). The molecule has 45 heavy (non-hydrogen) atoms. The molecule has 14 nitrogen and oxygen atoms in total. The van der Waals surface area contributed by atoms with Gasteiger partial charge in [-0.1, -0.05) is 6.07 Å². The number of rotatable bonds is 7. The largest absolute Gasteiger partial charge is 0.507 e. The average Bonchev–Trinajstić information content (AvgIpc) is 3.00. The third-order valence-electron chi connectivity index (χ3n) is 7.28. The minimum atomic E-state index is -1.89. The number of esters is 1. The first-order valence-corrected chi connectivity index (χ1v) is 13.4. The molecule has 0 aliphatic carbocycles. The second-order valence-electron chi connectivity index (χ2n) is 10.1. The molecule has 8 N–H and O–H groups in total. The molecule has 0 spiro atoms. The van der Waals surface area contributed by atoms with E-state index in [1.54, 1.807) is 0 Å². The van der Waals surface area contributed by atoms with E-state index in [4.69, 9.17) is 18.6 Å². The van der Waals surface area contributed by atoms with Gasteiger partial charge in [0.15, 0.2) is 40.1 Å². The van der Waals surface area contributed by atoms with Crippen molar-refractivity contribution in [3.8, 4) is 45.8 Å². The first-order chi connectivity index (χ1) is 21.4. The van der Waals surface area contributed by atoms with Crippen LogP contribution in [0.5, 0.6) is 34.5 Å². The summed E-state index contributed by atoms with van der Waals surface area (Å²) >= 11 is 0. The van der Waals surface area contributed by atoms with Crippen LogP contribution < -0.4 is 10.2 Å². The predicted molar refractivity (Wildman–Crippen MR) is 155 cm³/mol. The lowest BCUT2D eigenvalue weighted by Crippen LogP contribution is -2.56. The van der Waals surface area contributed by atoms with Crippen molar-refractivity contribution in [1.82, 2.24) is 0 Å². The average molecular weight is 625 g/mol. The van der Waals surface area contributed by atoms with Gasteiger partial charge in [0.1, 0.15) is 47.1 Å². The SMILES string of the molecule is COc1cc(C=CC(=O)O[C@@H]2[C@@H](O)[C@H](O)[C@@H](CO)O[C@H]2c2c(O)cc(O)c3c(=O)cc(-c4ccc(O)c(O)c4)oc23)ccc1O. The number of aliphatic hydroxyl groups excluding tert-OH is 3. The third-order valence-corrected chi connectivity index (χ3v) is 7.28. The van der Waals surface area contributed by atoms with Crippen LogP contribution >= 0.6 is 0 Å². The van der Waals surface area contributed by atoms with E-state index in [0.29, 0.717) is 5.56 Å². The third kappa shape index (κ3) is 5.94. The minimum absolute atomic E-state index is 0.116. The van der Waals surface area contributed by atoms with Crippen LogP contribution in [0.2, 0.25) is 0 Å². The number of carbonyl (C=O) groups excluding carboxylic acids is 1. The van der Waals surface area contributed by atoms with Crippen molar-refractivity contribution in [2.45, 2.75) is 30.5 Å². The quantitative estimate of drug-likeness (QED) is 0.0831. The Bertz CT molecular complexity index is 1840. The maximum absolute atomic E-state index is 13.2. The van der Waals surface area contributed by atoms with Crippen molar-refractivity contribution in [3.63, 3.8) is 0 Å². The summed E-state index contributed by atoms with van der Waals surface area (Å²) in [6.07, 6.45) is -6.26. The van der Waals surface area contributed by atoms with Crippen molar-refractivity contribution in [2.75, 3.05) is 13.7 Å². The van der Waals surface area contributed by atoms with E-state index in [2.05, 4.69) is 0 Å². The highest BCUT2D eigenvalue weighted by Gasteiger charge is 2.49. The fourth-order valence-electron chi connectivity index (χ4n) is 5.01. The number of phenols is 5. The van der Waals surface area contributed by atoms with E-state index in [0.717, 1.165) is 30.3 Å². The zero-order chi connectivity index (χ0) is 32.6. The molecule has 0 radical (unpaired) electrons. The molecule has 2 heterocycles. The predicted octanol–water partition coefficient (Wildman–Crippen LogP) is 1.78. The van der Waals surface area contributed by atoms with E-state index in [-0.39, 0.29) is 28.4 Å². The Morgan fingerprint density at radius 3 is 2.31 bits per heavy atom. The Balaban J connectivity index is 1.60. The molecule has 0 amide bonds. The van der Waals surface area contributed by atoms with Gasteiger partial charge in [-0.05, 0) is 42.0 Å². The van der Waals surface area contributed by atoms with Crippen LogP contribution in [0.3, 0.4) is 0 Å². The molecule has 0 saturated carbocycles. The fourth-order valence-corrected chi connectivity index (χ4v) is 5.01. The number of methoxy groups -OCH3 is 1. The summed E-state index contributed by atoms with van der Waals surface area (Å²) in [6.45, 7) is -0.809. The standard InChI is InChI=1S/C31H28O14/c1-42-22-8-13(2-5-16(22)34)3-7-24(39)45-31-28(41)27(40)23(12-32)44-30(31)26-19(37)10-18(36)25-20(38)11-21(43-29(25)26)14-4-6-15(33)17(35)9-14/h2-11,23,27-28,30-37,40-41H,12H2,1H3/t23-,27-,28+,30+,31-/m1/s1. The highest BCUT2D eigenvalue weighted by molar-refractivity contribution is 5.90. The molecule has 14 heteroatoms. The number of hydrogen-bond donors (Lipinski definition) is 8. The monoisotopic (exact) mass is 624 g/mol. The highest BCUT2D eigenvalue weighted by Crippen LogP contribution is 2.45. The molecule has 1 saturated heterocycles. The van der Waals surface area contributed by atoms with Gasteiger partial charge in [0.2, 0.25) is 0 Å². The second-order valence-corrected chi connectivity index (χ2v) is 10.1. The fraction of sp³-hybridized carbons (Fsp3) is 0.226. The van der Waals surface area contributed by atoms with Crippen LogP contribution in [0.1, 0.15) is 17.2 Å². The Morgan fingerprint density at radius 2 is 1.62 bits per heavy atom. The number of aromatic hydroxyl groups is 5. The lowest BCUT2D eigenvalue weighted by Gasteiger charge is -2.41. The number of ether oxygens (including phenoxy) is 3. The molecule has 1 aliphatic heterocycles. The Hall–Kier alpha value is -5.28. The van der Waals surface area contributed by atoms with E-state index in [1.807, 2.05) is 0 Å². The number of carbonyl (C=O) groups is 1. The smallest absolute Gasteiger partial charge is 0.331 e. The summed E-state index contributed by atoms with van der Waals surface area (Å²) in [4.78, 5) is 26.1. The van der Waals surface area contributed by atoms with Gasteiger partial charge in [-0.15, -0.1) is 0 Å². The first kappa shape index (κ1) is 31.2. The van der Waals surface area contributed by atoms with E-state index < -0.39 is 82.5 Å². The summed E-state index contributed by atoms with van der Waals surface area (Å²) < 4.78 is 22.2. The van der Waals surface area contributed by atoms with Gasteiger partial charge in [0.25, 0.3) is 0 Å². The van der Waals surface area contributed by atoms with Crippen LogP contribution in [-0.4, -0.2) is 85.0 Å². The van der Waals surface area contributed by atoms with Gasteiger partial charge >= 0.3 is 5.97 Å². The van der Waals surface area contributed by atoms with Gasteiger partial charge < -0.3 is 59.5 Å². The summed E-state index contributed by atoms with van der Waals surface area (Å²) in [6, 6.07) is 9.61. The normalized spacial score (nSPS) is 21.6. The molecule has 0 unspecified atom stereocenters. The van der Waals surface area contributed by atoms with Crippen molar-refractivity contribution in [3.05, 3.63) is 76.0 Å². The molecular formula is C31H28O14. The number of hydrogen-bond acceptors (Lipinski definition) is 14. The van der Waals surface area contributed by atoms with E-state index >= 15 is 0 Å². The maximum Gasteiger partial charge on any atom is 0.331 e. The zero-order valence-corrected chi connectivity index (χ0v) is 23.4. The lowest BCUT2D eigenvalue weighted by atomic mass is 9.89. The second kappa shape index (κ2) is 12.4. The van der Waals surface area contributed by atoms with Gasteiger partial charge in [-0.25, -0.2) is 4.79 Å². The van der Waals surface area contributed by atoms with Crippen LogP contribution in [-0.2, 0) is 14.3 Å². The van der Waals surface area contributed by atoms with Gasteiger partial charge in [0.05, 0.1) is 19.3 Å². The topological polar surface area (TPSA) is 237 Å². The van der Waals surface area contributed by atoms with Crippen molar-refractivity contribution >= 4 is 23.0 Å². The molecule has 5 atom stereocenters. The maximum atomic E-state index is 13.2. The number of benzene rings is 3. The van der Waals surface area contributed by atoms with Crippen LogP contribution in [0, 0.1) is 0 Å². The van der Waals surface area contributed by atoms with Crippen molar-refractivity contribution in [1.29, 1.82) is 0 Å². The molecular weight excluding hydrogens is 596 g/mol. The Morgan fingerprint density at radius 1 is 0.889 bits per heavy atom. The van der Waals surface area contributed by atoms with E-state index in [1.165, 1.54) is 37.5 Å². The molecule has 236 valence electrons. The van der Waals surface area contributed by atoms with Crippen molar-refractivity contribution < 1.29 is 64.3 Å². The minimum Gasteiger partial charge on any atom is -0.507 e. The molecule has 3 aromatic carbocycles. The molecule has 1 aliphatic rings. The molecule has 4 aromatic rings. The zero-order valence-electron chi connectivity index (χ0n) is 23.4. The van der Waals surface area contributed by atoms with Gasteiger partial charge in [0, 0.05) is 23.8 Å². The van der Waals surface area contributed by atoms with Crippen molar-refractivity contribution in [2.24, 2.45) is 0 Å². The van der Waals surface area contributed by atoms with Gasteiger partial charge in [-0.3, -0.25) is 4.79 Å². The number of phenolic OH excluding ortho intramolecular Hbond substituents is 5. The van der Waals surface area contributed by atoms with Crippen LogP contribution in [0.25, 0.3) is 28.4 Å². The summed E-state index contributed by atoms with van der Waals surface area (Å²) in [7, 11) is 1.34. The molecule has 1 aromatic heterocycles.